The van der Waals surface area contributed by atoms with Crippen molar-refractivity contribution in [2.75, 3.05) is 5.32 Å². The summed E-state index contributed by atoms with van der Waals surface area (Å²) in [6.07, 6.45) is 4.31. The van der Waals surface area contributed by atoms with E-state index in [9.17, 15) is 4.79 Å². The van der Waals surface area contributed by atoms with Gasteiger partial charge in [0, 0.05) is 17.0 Å². The van der Waals surface area contributed by atoms with Gasteiger partial charge in [-0.2, -0.15) is 0 Å². The first-order valence-corrected chi connectivity index (χ1v) is 9.41. The van der Waals surface area contributed by atoms with Gasteiger partial charge < -0.3 is 4.42 Å². The number of thioether (sulfide) groups is 1. The summed E-state index contributed by atoms with van der Waals surface area (Å²) in [5, 5.41) is 3.84. The monoisotopic (exact) mass is 379 g/mol. The van der Waals surface area contributed by atoms with Crippen molar-refractivity contribution in [1.29, 1.82) is 0 Å². The molecule has 2 heterocycles. The van der Waals surface area contributed by atoms with Crippen LogP contribution in [0.15, 0.2) is 45.3 Å². The number of hydrogen-bond acceptors (Lipinski definition) is 6. The van der Waals surface area contributed by atoms with Crippen molar-refractivity contribution in [2.24, 2.45) is 0 Å². The van der Waals surface area contributed by atoms with E-state index in [2.05, 4.69) is 15.3 Å². The van der Waals surface area contributed by atoms with Crippen LogP contribution in [0.3, 0.4) is 0 Å². The van der Waals surface area contributed by atoms with Crippen molar-refractivity contribution in [3.63, 3.8) is 0 Å². The van der Waals surface area contributed by atoms with E-state index in [4.69, 9.17) is 16.0 Å². The van der Waals surface area contributed by atoms with Crippen LogP contribution in [0, 0.1) is 0 Å². The first-order chi connectivity index (χ1) is 11.6. The van der Waals surface area contributed by atoms with Crippen LogP contribution in [0.5, 0.6) is 0 Å². The molecule has 1 aromatic carbocycles. The van der Waals surface area contributed by atoms with Crippen molar-refractivity contribution in [1.82, 2.24) is 9.97 Å². The number of halogens is 1. The van der Waals surface area contributed by atoms with Gasteiger partial charge in [0.05, 0.1) is 22.4 Å². The molecule has 0 saturated heterocycles. The molecule has 0 bridgehead atoms. The maximum atomic E-state index is 12.2. The number of oxazole rings is 1. The summed E-state index contributed by atoms with van der Waals surface area (Å²) in [6.45, 7) is 2.02. The summed E-state index contributed by atoms with van der Waals surface area (Å²) >= 11 is 8.88. The number of anilines is 1. The quantitative estimate of drug-likeness (QED) is 0.617. The van der Waals surface area contributed by atoms with Gasteiger partial charge >= 0.3 is 0 Å². The second-order valence-corrected chi connectivity index (χ2v) is 7.55. The molecule has 3 rings (SSSR count). The summed E-state index contributed by atoms with van der Waals surface area (Å²) in [6, 6.07) is 6.79. The van der Waals surface area contributed by atoms with E-state index < -0.39 is 0 Å². The molecular weight excluding hydrogens is 366 g/mol. The van der Waals surface area contributed by atoms with E-state index in [1.807, 2.05) is 6.92 Å². The van der Waals surface area contributed by atoms with E-state index in [0.29, 0.717) is 27.4 Å². The molecule has 124 valence electrons. The second kappa shape index (κ2) is 7.83. The minimum absolute atomic E-state index is 0.233. The van der Waals surface area contributed by atoms with Crippen molar-refractivity contribution in [2.45, 2.75) is 23.3 Å². The van der Waals surface area contributed by atoms with Crippen molar-refractivity contribution < 1.29 is 9.21 Å². The van der Waals surface area contributed by atoms with Crippen LogP contribution in [-0.2, 0) is 12.2 Å². The van der Waals surface area contributed by atoms with Crippen LogP contribution in [0.25, 0.3) is 0 Å². The van der Waals surface area contributed by atoms with Crippen molar-refractivity contribution in [3.05, 3.63) is 58.9 Å². The Morgan fingerprint density at radius 2 is 2.25 bits per heavy atom. The maximum absolute atomic E-state index is 12.2. The van der Waals surface area contributed by atoms with Gasteiger partial charge in [0.15, 0.2) is 5.13 Å². The number of carbonyl (C=O) groups is 1. The molecule has 8 heteroatoms. The highest BCUT2D eigenvalue weighted by atomic mass is 35.5. The molecule has 0 atom stereocenters. The zero-order chi connectivity index (χ0) is 16.9. The lowest BCUT2D eigenvalue weighted by atomic mass is 10.2. The molecule has 24 heavy (non-hydrogen) atoms. The molecule has 3 aromatic rings. The van der Waals surface area contributed by atoms with E-state index in [0.717, 1.165) is 16.4 Å². The van der Waals surface area contributed by atoms with Crippen molar-refractivity contribution >= 4 is 45.7 Å². The molecule has 0 unspecified atom stereocenters. The third kappa shape index (κ3) is 4.37. The first kappa shape index (κ1) is 17.0. The number of nitrogens with zero attached hydrogens (tertiary/aromatic N) is 2. The van der Waals surface area contributed by atoms with E-state index in [-0.39, 0.29) is 5.91 Å². The molecule has 0 saturated carbocycles. The Morgan fingerprint density at radius 1 is 1.38 bits per heavy atom. The summed E-state index contributed by atoms with van der Waals surface area (Å²) in [4.78, 5) is 20.6. The van der Waals surface area contributed by atoms with E-state index >= 15 is 0 Å². The number of nitrogens with one attached hydrogen (secondary N) is 1. The molecule has 0 aliphatic heterocycles. The molecule has 1 amide bonds. The van der Waals surface area contributed by atoms with Crippen LogP contribution in [-0.4, -0.2) is 15.9 Å². The summed E-state index contributed by atoms with van der Waals surface area (Å²) in [7, 11) is 0. The normalized spacial score (nSPS) is 10.8. The molecule has 0 fully saturated rings. The fourth-order valence-electron chi connectivity index (χ4n) is 1.89. The highest BCUT2D eigenvalue weighted by molar-refractivity contribution is 8.00. The number of aromatic nitrogens is 2. The van der Waals surface area contributed by atoms with Gasteiger partial charge in [-0.25, -0.2) is 9.97 Å². The average Bonchev–Trinajstić information content (AvgIpc) is 3.22. The predicted octanol–water partition coefficient (Wildman–Crippen LogP) is 4.89. The number of amides is 1. The Kier molecular flexibility index (Phi) is 5.55. The van der Waals surface area contributed by atoms with E-state index in [1.54, 1.807) is 48.4 Å². The highest BCUT2D eigenvalue weighted by Crippen LogP contribution is 2.30. The SMILES string of the molecule is CCc1cnc(CSc2cnc(NC(=O)c3cccc(Cl)c3)s2)o1. The number of thiazole rings is 1. The fraction of sp³-hybridized carbons (Fsp3) is 0.188. The third-order valence-electron chi connectivity index (χ3n) is 3.08. The lowest BCUT2D eigenvalue weighted by molar-refractivity contribution is 0.102. The number of carbonyl (C=O) groups excluding carboxylic acids is 1. The molecule has 0 spiro atoms. The van der Waals surface area contributed by atoms with Gasteiger partial charge in [0.2, 0.25) is 5.89 Å². The minimum Gasteiger partial charge on any atom is -0.445 e. The first-order valence-electron chi connectivity index (χ1n) is 7.23. The van der Waals surface area contributed by atoms with Gasteiger partial charge in [-0.3, -0.25) is 10.1 Å². The minimum atomic E-state index is -0.233. The van der Waals surface area contributed by atoms with Crippen LogP contribution >= 0.6 is 34.7 Å². The van der Waals surface area contributed by atoms with Crippen LogP contribution < -0.4 is 5.32 Å². The fourth-order valence-corrected chi connectivity index (χ4v) is 3.81. The zero-order valence-electron chi connectivity index (χ0n) is 12.8. The average molecular weight is 380 g/mol. The predicted molar refractivity (Wildman–Crippen MR) is 97.0 cm³/mol. The van der Waals surface area contributed by atoms with Crippen molar-refractivity contribution in [3.8, 4) is 0 Å². The lowest BCUT2D eigenvalue weighted by Gasteiger charge is -2.01. The number of aryl methyl sites for hydroxylation is 1. The Morgan fingerprint density at radius 3 is 3.00 bits per heavy atom. The highest BCUT2D eigenvalue weighted by Gasteiger charge is 2.11. The largest absolute Gasteiger partial charge is 0.445 e. The van der Waals surface area contributed by atoms with E-state index in [1.165, 1.54) is 11.3 Å². The smallest absolute Gasteiger partial charge is 0.257 e. The summed E-state index contributed by atoms with van der Waals surface area (Å²) < 4.78 is 6.54. The second-order valence-electron chi connectivity index (χ2n) is 4.81. The Bertz CT molecular complexity index is 847. The Labute approximate surface area is 152 Å². The number of hydrogen-bond donors (Lipinski definition) is 1. The standard InChI is InChI=1S/C16H14ClN3O2S2/c1-2-12-7-18-13(22-12)9-23-14-8-19-16(24-14)20-15(21)10-4-3-5-11(17)6-10/h3-8H,2,9H2,1H3,(H,19,20,21). The van der Waals surface area contributed by atoms with Gasteiger partial charge in [-0.05, 0) is 18.2 Å². The number of benzene rings is 1. The molecule has 0 aliphatic rings. The topological polar surface area (TPSA) is 68.0 Å². The molecule has 5 nitrogen and oxygen atoms in total. The Balaban J connectivity index is 1.58. The van der Waals surface area contributed by atoms with Gasteiger partial charge in [-0.1, -0.05) is 35.9 Å². The molecular formula is C16H14ClN3O2S2. The molecule has 0 aliphatic carbocycles. The maximum Gasteiger partial charge on any atom is 0.257 e. The Hall–Kier alpha value is -1.83. The van der Waals surface area contributed by atoms with Crippen LogP contribution in [0.4, 0.5) is 5.13 Å². The lowest BCUT2D eigenvalue weighted by Crippen LogP contribution is -2.11. The summed E-state index contributed by atoms with van der Waals surface area (Å²) in [5.74, 6) is 1.96. The molecule has 1 N–H and O–H groups in total. The zero-order valence-corrected chi connectivity index (χ0v) is 15.2. The van der Waals surface area contributed by atoms with Gasteiger partial charge in [0.1, 0.15) is 5.76 Å². The van der Waals surface area contributed by atoms with Crippen LogP contribution in [0.2, 0.25) is 5.02 Å². The van der Waals surface area contributed by atoms with Gasteiger partial charge in [0.25, 0.3) is 5.91 Å². The van der Waals surface area contributed by atoms with Crippen LogP contribution in [0.1, 0.15) is 28.9 Å². The number of rotatable bonds is 6. The summed E-state index contributed by atoms with van der Waals surface area (Å²) in [5.41, 5.74) is 0.499. The molecule has 0 radical (unpaired) electrons. The third-order valence-corrected chi connectivity index (χ3v) is 5.41. The molecule has 2 aromatic heterocycles. The van der Waals surface area contributed by atoms with Gasteiger partial charge in [-0.15, -0.1) is 11.8 Å².